The zero-order valence-electron chi connectivity index (χ0n) is 15.5. The Balaban J connectivity index is 1.76. The van der Waals surface area contributed by atoms with Crippen LogP contribution in [0.5, 0.6) is 11.5 Å². The third-order valence-corrected chi connectivity index (χ3v) is 3.63. The van der Waals surface area contributed by atoms with Crippen LogP contribution in [0.3, 0.4) is 0 Å². The molecule has 9 nitrogen and oxygen atoms in total. The maximum absolute atomic E-state index is 11.9. The quantitative estimate of drug-likeness (QED) is 0.399. The maximum Gasteiger partial charge on any atom is 0.309 e. The van der Waals surface area contributed by atoms with Crippen LogP contribution in [0.15, 0.2) is 42.5 Å². The molecule has 0 spiro atoms. The number of aryl methyl sites for hydroxylation is 1. The van der Waals surface area contributed by atoms with Crippen molar-refractivity contribution in [2.75, 3.05) is 25.6 Å². The van der Waals surface area contributed by atoms with Crippen molar-refractivity contribution in [3.8, 4) is 11.5 Å². The molecule has 28 heavy (non-hydrogen) atoms. The summed E-state index contributed by atoms with van der Waals surface area (Å²) >= 11 is 0. The second-order valence-corrected chi connectivity index (χ2v) is 5.76. The SMILES string of the molecule is COc1cc([N+](=O)[O-])ccc1NC(=O)COC(=O)CCOc1ccc(C)cc1. The number of amides is 1. The molecule has 0 bridgehead atoms. The fraction of sp³-hybridized carbons (Fsp3) is 0.263. The van der Waals surface area contributed by atoms with Crippen molar-refractivity contribution < 1.29 is 28.7 Å². The number of carbonyl (C=O) groups excluding carboxylic acids is 2. The predicted molar refractivity (Wildman–Crippen MR) is 101 cm³/mol. The number of hydrogen-bond donors (Lipinski definition) is 1. The van der Waals surface area contributed by atoms with Gasteiger partial charge in [0.15, 0.2) is 6.61 Å². The highest BCUT2D eigenvalue weighted by molar-refractivity contribution is 5.94. The predicted octanol–water partition coefficient (Wildman–Crippen LogP) is 2.86. The number of esters is 1. The highest BCUT2D eigenvalue weighted by Crippen LogP contribution is 2.28. The Morgan fingerprint density at radius 1 is 1.14 bits per heavy atom. The van der Waals surface area contributed by atoms with Crippen LogP contribution in [0.1, 0.15) is 12.0 Å². The summed E-state index contributed by atoms with van der Waals surface area (Å²) in [4.78, 5) is 33.8. The lowest BCUT2D eigenvalue weighted by molar-refractivity contribution is -0.384. The number of hydrogen-bond acceptors (Lipinski definition) is 7. The van der Waals surface area contributed by atoms with Gasteiger partial charge in [-0.1, -0.05) is 17.7 Å². The first kappa shape index (κ1) is 20.7. The minimum Gasteiger partial charge on any atom is -0.494 e. The van der Waals surface area contributed by atoms with E-state index in [0.29, 0.717) is 5.75 Å². The molecule has 148 valence electrons. The van der Waals surface area contributed by atoms with E-state index in [-0.39, 0.29) is 30.2 Å². The van der Waals surface area contributed by atoms with Crippen LogP contribution >= 0.6 is 0 Å². The van der Waals surface area contributed by atoms with Crippen LogP contribution in [0.2, 0.25) is 0 Å². The van der Waals surface area contributed by atoms with E-state index in [0.717, 1.165) is 5.56 Å². The van der Waals surface area contributed by atoms with Gasteiger partial charge < -0.3 is 19.5 Å². The smallest absolute Gasteiger partial charge is 0.309 e. The van der Waals surface area contributed by atoms with E-state index in [1.807, 2.05) is 19.1 Å². The molecule has 1 amide bonds. The molecule has 2 aromatic carbocycles. The van der Waals surface area contributed by atoms with Crippen molar-refractivity contribution in [1.29, 1.82) is 0 Å². The zero-order chi connectivity index (χ0) is 20.5. The molecule has 0 aliphatic carbocycles. The molecule has 0 unspecified atom stereocenters. The van der Waals surface area contributed by atoms with Crippen molar-refractivity contribution in [3.63, 3.8) is 0 Å². The van der Waals surface area contributed by atoms with Crippen LogP contribution in [-0.2, 0) is 14.3 Å². The van der Waals surface area contributed by atoms with Gasteiger partial charge in [0.2, 0.25) is 0 Å². The van der Waals surface area contributed by atoms with Crippen molar-refractivity contribution >= 4 is 23.3 Å². The molecule has 0 saturated heterocycles. The third-order valence-electron chi connectivity index (χ3n) is 3.63. The van der Waals surface area contributed by atoms with Gasteiger partial charge in [-0.05, 0) is 25.1 Å². The van der Waals surface area contributed by atoms with E-state index in [1.165, 1.54) is 25.3 Å². The first-order valence-corrected chi connectivity index (χ1v) is 8.36. The number of nitro benzene ring substituents is 1. The van der Waals surface area contributed by atoms with Gasteiger partial charge in [0.1, 0.15) is 11.5 Å². The molecule has 0 fully saturated rings. The van der Waals surface area contributed by atoms with Crippen LogP contribution in [0.25, 0.3) is 0 Å². The Morgan fingerprint density at radius 2 is 1.86 bits per heavy atom. The van der Waals surface area contributed by atoms with Crippen LogP contribution in [0.4, 0.5) is 11.4 Å². The minimum absolute atomic E-state index is 0.0119. The normalized spacial score (nSPS) is 10.1. The van der Waals surface area contributed by atoms with Crippen molar-refractivity contribution in [3.05, 3.63) is 58.1 Å². The van der Waals surface area contributed by atoms with Crippen molar-refractivity contribution in [1.82, 2.24) is 0 Å². The second-order valence-electron chi connectivity index (χ2n) is 5.76. The van der Waals surface area contributed by atoms with Crippen molar-refractivity contribution in [2.24, 2.45) is 0 Å². The van der Waals surface area contributed by atoms with E-state index >= 15 is 0 Å². The van der Waals surface area contributed by atoms with E-state index < -0.39 is 23.4 Å². The molecular weight excluding hydrogens is 368 g/mol. The average Bonchev–Trinajstić information content (AvgIpc) is 2.68. The molecule has 1 N–H and O–H groups in total. The molecule has 9 heteroatoms. The van der Waals surface area contributed by atoms with Gasteiger partial charge in [-0.2, -0.15) is 0 Å². The topological polar surface area (TPSA) is 117 Å². The lowest BCUT2D eigenvalue weighted by Crippen LogP contribution is -2.22. The summed E-state index contributed by atoms with van der Waals surface area (Å²) in [6, 6.07) is 11.1. The summed E-state index contributed by atoms with van der Waals surface area (Å²) in [7, 11) is 1.32. The van der Waals surface area contributed by atoms with E-state index in [2.05, 4.69) is 5.32 Å². The number of nitro groups is 1. The number of carbonyl (C=O) groups is 2. The molecule has 0 saturated carbocycles. The van der Waals surface area contributed by atoms with Gasteiger partial charge in [-0.25, -0.2) is 0 Å². The summed E-state index contributed by atoms with van der Waals surface area (Å²) < 4.78 is 15.3. The van der Waals surface area contributed by atoms with Gasteiger partial charge >= 0.3 is 5.97 Å². The van der Waals surface area contributed by atoms with Gasteiger partial charge in [-0.15, -0.1) is 0 Å². The second kappa shape index (κ2) is 9.91. The number of rotatable bonds is 9. The third kappa shape index (κ3) is 6.27. The van der Waals surface area contributed by atoms with Crippen LogP contribution in [0, 0.1) is 17.0 Å². The average molecular weight is 388 g/mol. The maximum atomic E-state index is 11.9. The molecule has 0 aliphatic rings. The lowest BCUT2D eigenvalue weighted by Gasteiger charge is -2.10. The molecule has 0 radical (unpaired) electrons. The summed E-state index contributed by atoms with van der Waals surface area (Å²) in [5.74, 6) is -0.417. The summed E-state index contributed by atoms with van der Waals surface area (Å²) in [5, 5.41) is 13.2. The van der Waals surface area contributed by atoms with Gasteiger partial charge in [0, 0.05) is 6.07 Å². The number of non-ortho nitro benzene ring substituents is 1. The van der Waals surface area contributed by atoms with Gasteiger partial charge in [0.05, 0.1) is 36.8 Å². The first-order valence-electron chi connectivity index (χ1n) is 8.36. The van der Waals surface area contributed by atoms with Crippen LogP contribution in [-0.4, -0.2) is 37.1 Å². The molecule has 0 atom stereocenters. The van der Waals surface area contributed by atoms with Crippen molar-refractivity contribution in [2.45, 2.75) is 13.3 Å². The number of ether oxygens (including phenoxy) is 3. The Kier molecular flexibility index (Phi) is 7.32. The van der Waals surface area contributed by atoms with Gasteiger partial charge in [0.25, 0.3) is 11.6 Å². The molecule has 2 rings (SSSR count). The molecule has 0 heterocycles. The summed E-state index contributed by atoms with van der Waals surface area (Å²) in [6.07, 6.45) is -0.0119. The Morgan fingerprint density at radius 3 is 2.50 bits per heavy atom. The molecule has 0 aromatic heterocycles. The Labute approximate surface area is 161 Å². The fourth-order valence-corrected chi connectivity index (χ4v) is 2.19. The summed E-state index contributed by atoms with van der Waals surface area (Å²) in [5.41, 5.74) is 1.16. The number of anilines is 1. The monoisotopic (exact) mass is 388 g/mol. The minimum atomic E-state index is -0.597. The van der Waals surface area contributed by atoms with E-state index in [1.54, 1.807) is 12.1 Å². The standard InChI is InChI=1S/C19H20N2O7/c1-13-3-6-15(7-4-13)27-10-9-19(23)28-12-18(22)20-16-8-5-14(21(24)25)11-17(16)26-2/h3-8,11H,9-10,12H2,1-2H3,(H,20,22). The van der Waals surface area contributed by atoms with Crippen LogP contribution < -0.4 is 14.8 Å². The Bertz CT molecular complexity index is 850. The van der Waals surface area contributed by atoms with E-state index in [4.69, 9.17) is 14.2 Å². The number of benzene rings is 2. The Hall–Kier alpha value is -3.62. The summed E-state index contributed by atoms with van der Waals surface area (Å²) in [6.45, 7) is 1.58. The highest BCUT2D eigenvalue weighted by Gasteiger charge is 2.14. The fourth-order valence-electron chi connectivity index (χ4n) is 2.19. The van der Waals surface area contributed by atoms with Gasteiger partial charge in [-0.3, -0.25) is 19.7 Å². The van der Waals surface area contributed by atoms with E-state index in [9.17, 15) is 19.7 Å². The molecule has 2 aromatic rings. The number of nitrogens with zero attached hydrogens (tertiary/aromatic N) is 1. The first-order chi connectivity index (χ1) is 13.4. The largest absolute Gasteiger partial charge is 0.494 e. The molecule has 0 aliphatic heterocycles. The number of nitrogens with one attached hydrogen (secondary N) is 1. The number of methoxy groups -OCH3 is 1. The molecular formula is C19H20N2O7. The highest BCUT2D eigenvalue weighted by atomic mass is 16.6. The lowest BCUT2D eigenvalue weighted by atomic mass is 10.2. The zero-order valence-corrected chi connectivity index (χ0v) is 15.5.